The normalized spacial score (nSPS) is 12.7. The summed E-state index contributed by atoms with van der Waals surface area (Å²) >= 11 is 3.08. The van der Waals surface area contributed by atoms with Gasteiger partial charge in [-0.25, -0.2) is 8.78 Å². The lowest BCUT2D eigenvalue weighted by Crippen LogP contribution is -2.21. The van der Waals surface area contributed by atoms with E-state index in [4.69, 9.17) is 4.42 Å². The Morgan fingerprint density at radius 3 is 2.47 bits per heavy atom. The molecule has 1 aromatic carbocycles. The van der Waals surface area contributed by atoms with Gasteiger partial charge in [-0.15, -0.1) is 0 Å². The van der Waals surface area contributed by atoms with E-state index in [1.54, 1.807) is 27.0 Å². The van der Waals surface area contributed by atoms with Gasteiger partial charge in [-0.1, -0.05) is 0 Å². The van der Waals surface area contributed by atoms with Gasteiger partial charge < -0.3 is 9.73 Å². The average Bonchev–Trinajstić information content (AvgIpc) is 2.69. The fraction of sp³-hybridized carbons (Fsp3) is 0.286. The van der Waals surface area contributed by atoms with Crippen LogP contribution in [0.5, 0.6) is 0 Å². The summed E-state index contributed by atoms with van der Waals surface area (Å²) in [5.74, 6) is 0.176. The second-order valence-corrected chi connectivity index (χ2v) is 5.20. The highest BCUT2D eigenvalue weighted by Gasteiger charge is 2.25. The van der Waals surface area contributed by atoms with E-state index in [1.807, 2.05) is 0 Å². The molecule has 0 fully saturated rings. The molecule has 0 saturated carbocycles. The Morgan fingerprint density at radius 2 is 1.95 bits per heavy atom. The van der Waals surface area contributed by atoms with E-state index in [1.165, 1.54) is 12.1 Å². The molecule has 0 aliphatic heterocycles. The first kappa shape index (κ1) is 14.2. The number of benzene rings is 1. The third kappa shape index (κ3) is 2.58. The second kappa shape index (κ2) is 5.43. The number of hydrogen-bond acceptors (Lipinski definition) is 2. The Morgan fingerprint density at radius 1 is 1.26 bits per heavy atom. The lowest BCUT2D eigenvalue weighted by Gasteiger charge is -2.18. The van der Waals surface area contributed by atoms with Gasteiger partial charge in [0.2, 0.25) is 0 Å². The van der Waals surface area contributed by atoms with Gasteiger partial charge in [0.15, 0.2) is 0 Å². The van der Waals surface area contributed by atoms with Crippen LogP contribution in [0, 0.1) is 25.5 Å². The Hall–Kier alpha value is -1.20. The lowest BCUT2D eigenvalue weighted by molar-refractivity contribution is 0.487. The molecular formula is C14H14BrF2NO. The van der Waals surface area contributed by atoms with Crippen molar-refractivity contribution >= 4 is 15.9 Å². The van der Waals surface area contributed by atoms with Crippen LogP contribution in [0.1, 0.15) is 28.7 Å². The van der Waals surface area contributed by atoms with E-state index in [-0.39, 0.29) is 10.0 Å². The van der Waals surface area contributed by atoms with Crippen LogP contribution in [0.25, 0.3) is 0 Å². The monoisotopic (exact) mass is 329 g/mol. The van der Waals surface area contributed by atoms with Crippen LogP contribution < -0.4 is 5.32 Å². The van der Waals surface area contributed by atoms with E-state index < -0.39 is 17.7 Å². The molecule has 0 aliphatic carbocycles. The minimum atomic E-state index is -0.599. The molecule has 1 unspecified atom stereocenters. The van der Waals surface area contributed by atoms with E-state index in [0.717, 1.165) is 5.56 Å². The van der Waals surface area contributed by atoms with Crippen LogP contribution in [0.2, 0.25) is 0 Å². The number of furan rings is 1. The maximum Gasteiger partial charge on any atom is 0.145 e. The Bertz CT molecular complexity index is 610. The van der Waals surface area contributed by atoms with Crippen LogP contribution in [0.4, 0.5) is 8.78 Å². The van der Waals surface area contributed by atoms with E-state index in [2.05, 4.69) is 21.2 Å². The van der Waals surface area contributed by atoms with Gasteiger partial charge in [-0.2, -0.15) is 0 Å². The smallest absolute Gasteiger partial charge is 0.145 e. The van der Waals surface area contributed by atoms with Crippen molar-refractivity contribution in [1.82, 2.24) is 5.32 Å². The van der Waals surface area contributed by atoms with Crippen molar-refractivity contribution in [2.75, 3.05) is 7.05 Å². The van der Waals surface area contributed by atoms with Gasteiger partial charge in [-0.3, -0.25) is 0 Å². The van der Waals surface area contributed by atoms with E-state index in [9.17, 15) is 8.78 Å². The molecule has 1 N–H and O–H groups in total. The van der Waals surface area contributed by atoms with E-state index in [0.29, 0.717) is 11.5 Å². The molecule has 2 nitrogen and oxygen atoms in total. The lowest BCUT2D eigenvalue weighted by atomic mass is 9.98. The average molecular weight is 330 g/mol. The summed E-state index contributed by atoms with van der Waals surface area (Å²) in [5.41, 5.74) is 0.719. The van der Waals surface area contributed by atoms with Gasteiger partial charge in [0, 0.05) is 11.1 Å². The zero-order valence-corrected chi connectivity index (χ0v) is 12.4. The van der Waals surface area contributed by atoms with Crippen molar-refractivity contribution in [2.45, 2.75) is 19.9 Å². The summed E-state index contributed by atoms with van der Waals surface area (Å²) in [6, 6.07) is 3.80. The molecule has 0 amide bonds. The van der Waals surface area contributed by atoms with Crippen LogP contribution in [-0.2, 0) is 0 Å². The first-order chi connectivity index (χ1) is 8.95. The summed E-state index contributed by atoms with van der Waals surface area (Å²) in [7, 11) is 1.66. The van der Waals surface area contributed by atoms with Crippen molar-refractivity contribution < 1.29 is 13.2 Å². The van der Waals surface area contributed by atoms with Crippen LogP contribution in [0.15, 0.2) is 27.1 Å². The van der Waals surface area contributed by atoms with Crippen LogP contribution in [0.3, 0.4) is 0 Å². The Labute approximate surface area is 118 Å². The molecule has 5 heteroatoms. The molecule has 19 heavy (non-hydrogen) atoms. The molecule has 1 aromatic heterocycles. The Balaban J connectivity index is 2.61. The summed E-state index contributed by atoms with van der Waals surface area (Å²) in [4.78, 5) is 0. The first-order valence-corrected chi connectivity index (χ1v) is 6.62. The minimum Gasteiger partial charge on any atom is -0.466 e. The van der Waals surface area contributed by atoms with Crippen molar-refractivity contribution in [2.24, 2.45) is 0 Å². The molecule has 1 heterocycles. The molecule has 1 atom stereocenters. The molecule has 2 rings (SSSR count). The van der Waals surface area contributed by atoms with Crippen molar-refractivity contribution in [1.29, 1.82) is 0 Å². The highest BCUT2D eigenvalue weighted by Crippen LogP contribution is 2.33. The van der Waals surface area contributed by atoms with Crippen molar-refractivity contribution in [3.05, 3.63) is 57.0 Å². The largest absolute Gasteiger partial charge is 0.466 e. The number of hydrogen-bond donors (Lipinski definition) is 1. The maximum absolute atomic E-state index is 14.2. The standard InChI is InChI=1S/C14H14BrF2NO/c1-7-6-9(8(2)19-7)14(18-3)12-11(16)5-4-10(15)13(12)17/h4-6,14,18H,1-3H3. The quantitative estimate of drug-likeness (QED) is 0.852. The van der Waals surface area contributed by atoms with Crippen molar-refractivity contribution in [3.8, 4) is 0 Å². The molecule has 0 bridgehead atoms. The fourth-order valence-corrected chi connectivity index (χ4v) is 2.55. The topological polar surface area (TPSA) is 25.2 Å². The first-order valence-electron chi connectivity index (χ1n) is 5.83. The molecular weight excluding hydrogens is 316 g/mol. The third-order valence-electron chi connectivity index (χ3n) is 3.05. The zero-order valence-electron chi connectivity index (χ0n) is 10.9. The molecule has 0 spiro atoms. The minimum absolute atomic E-state index is 0.0132. The van der Waals surface area contributed by atoms with Gasteiger partial charge >= 0.3 is 0 Å². The maximum atomic E-state index is 14.2. The third-order valence-corrected chi connectivity index (χ3v) is 3.66. The fourth-order valence-electron chi connectivity index (χ4n) is 2.20. The van der Waals surface area contributed by atoms with Gasteiger partial charge in [0.05, 0.1) is 10.5 Å². The predicted molar refractivity (Wildman–Crippen MR) is 73.1 cm³/mol. The summed E-state index contributed by atoms with van der Waals surface area (Å²) in [6.07, 6.45) is 0. The van der Waals surface area contributed by atoms with Gasteiger partial charge in [0.25, 0.3) is 0 Å². The zero-order chi connectivity index (χ0) is 14.2. The van der Waals surface area contributed by atoms with Crippen LogP contribution in [-0.4, -0.2) is 7.05 Å². The van der Waals surface area contributed by atoms with Gasteiger partial charge in [0.1, 0.15) is 23.2 Å². The highest BCUT2D eigenvalue weighted by atomic mass is 79.9. The molecule has 0 aliphatic rings. The van der Waals surface area contributed by atoms with E-state index >= 15 is 0 Å². The molecule has 2 aromatic rings. The van der Waals surface area contributed by atoms with Crippen molar-refractivity contribution in [3.63, 3.8) is 0 Å². The molecule has 0 saturated heterocycles. The van der Waals surface area contributed by atoms with Gasteiger partial charge in [-0.05, 0) is 55.0 Å². The summed E-state index contributed by atoms with van der Waals surface area (Å²) < 4.78 is 33.8. The predicted octanol–water partition coefficient (Wildman–Crippen LogP) is 4.25. The summed E-state index contributed by atoms with van der Waals surface area (Å²) in [5, 5.41) is 2.94. The number of nitrogens with one attached hydrogen (secondary N) is 1. The highest BCUT2D eigenvalue weighted by molar-refractivity contribution is 9.10. The SMILES string of the molecule is CNC(c1cc(C)oc1C)c1c(F)ccc(Br)c1F. The number of halogens is 3. The summed E-state index contributed by atoms with van der Waals surface area (Å²) in [6.45, 7) is 3.58. The molecule has 0 radical (unpaired) electrons. The van der Waals surface area contributed by atoms with Crippen LogP contribution >= 0.6 is 15.9 Å². The molecule has 102 valence electrons. The number of rotatable bonds is 3. The number of aryl methyl sites for hydroxylation is 2. The second-order valence-electron chi connectivity index (χ2n) is 4.35. The Kier molecular flexibility index (Phi) is 4.06.